The quantitative estimate of drug-likeness (QED) is 0.726. The van der Waals surface area contributed by atoms with Gasteiger partial charge in [0.1, 0.15) is 6.10 Å². The number of ether oxygens (including phenoxy) is 2. The van der Waals surface area contributed by atoms with Crippen LogP contribution in [0.15, 0.2) is 0 Å². The summed E-state index contributed by atoms with van der Waals surface area (Å²) in [7, 11) is 0. The number of hydrogen-bond donors (Lipinski definition) is 1. The monoisotopic (exact) mass is 225 g/mol. The first-order valence-corrected chi connectivity index (χ1v) is 6.69. The average Bonchev–Trinajstić information content (AvgIpc) is 3.03. The molecule has 0 radical (unpaired) electrons. The zero-order chi connectivity index (χ0) is 11.3. The summed E-state index contributed by atoms with van der Waals surface area (Å²) in [5, 5.41) is 0. The zero-order valence-electron chi connectivity index (χ0n) is 10.3. The summed E-state index contributed by atoms with van der Waals surface area (Å²) < 4.78 is 11.3. The third kappa shape index (κ3) is 1.60. The first-order valence-electron chi connectivity index (χ1n) is 6.69. The van der Waals surface area contributed by atoms with E-state index in [1.54, 1.807) is 0 Å². The fourth-order valence-electron chi connectivity index (χ4n) is 4.15. The summed E-state index contributed by atoms with van der Waals surface area (Å²) >= 11 is 0. The summed E-state index contributed by atoms with van der Waals surface area (Å²) in [6, 6.07) is 0. The Kier molecular flexibility index (Phi) is 2.73. The third-order valence-electron chi connectivity index (χ3n) is 5.13. The van der Waals surface area contributed by atoms with Crippen molar-refractivity contribution in [1.29, 1.82) is 0 Å². The van der Waals surface area contributed by atoms with Gasteiger partial charge in [-0.3, -0.25) is 0 Å². The molecule has 7 unspecified atom stereocenters. The predicted molar refractivity (Wildman–Crippen MR) is 61.7 cm³/mol. The van der Waals surface area contributed by atoms with E-state index >= 15 is 0 Å². The minimum atomic E-state index is 0.145. The standard InChI is InChI=1S/C13H23NO2/c1-7-5-10-11(6-15-13-12(10)16-13)8(2)9(7)3-4-14/h7-13H,3-6,14H2,1-2H3. The van der Waals surface area contributed by atoms with Crippen LogP contribution in [-0.4, -0.2) is 25.5 Å². The van der Waals surface area contributed by atoms with Gasteiger partial charge in [-0.25, -0.2) is 0 Å². The highest BCUT2D eigenvalue weighted by atomic mass is 16.8. The Bertz CT molecular complexity index is 271. The Balaban J connectivity index is 1.74. The van der Waals surface area contributed by atoms with Gasteiger partial charge in [0.15, 0.2) is 6.29 Å². The van der Waals surface area contributed by atoms with Crippen LogP contribution in [0.25, 0.3) is 0 Å². The van der Waals surface area contributed by atoms with Gasteiger partial charge in [-0.2, -0.15) is 0 Å². The third-order valence-corrected chi connectivity index (χ3v) is 5.13. The first kappa shape index (κ1) is 11.0. The molecular formula is C13H23NO2. The topological polar surface area (TPSA) is 47.8 Å². The van der Waals surface area contributed by atoms with Crippen LogP contribution in [0, 0.1) is 29.6 Å². The lowest BCUT2D eigenvalue weighted by Crippen LogP contribution is -2.45. The molecule has 0 spiro atoms. The number of hydrogen-bond acceptors (Lipinski definition) is 3. The van der Waals surface area contributed by atoms with E-state index < -0.39 is 0 Å². The molecule has 92 valence electrons. The predicted octanol–water partition coefficient (Wildman–Crippen LogP) is 1.61. The largest absolute Gasteiger partial charge is 0.350 e. The van der Waals surface area contributed by atoms with Crippen LogP contribution in [-0.2, 0) is 9.47 Å². The Hall–Kier alpha value is -0.120. The molecular weight excluding hydrogens is 202 g/mol. The van der Waals surface area contributed by atoms with Gasteiger partial charge in [-0.05, 0) is 49.0 Å². The lowest BCUT2D eigenvalue weighted by Gasteiger charge is -2.46. The van der Waals surface area contributed by atoms with E-state index in [9.17, 15) is 0 Å². The Morgan fingerprint density at radius 1 is 1.25 bits per heavy atom. The van der Waals surface area contributed by atoms with Gasteiger partial charge in [-0.15, -0.1) is 0 Å². The van der Waals surface area contributed by atoms with Gasteiger partial charge >= 0.3 is 0 Å². The molecule has 3 heteroatoms. The van der Waals surface area contributed by atoms with Crippen LogP contribution < -0.4 is 5.73 Å². The molecule has 1 saturated carbocycles. The fraction of sp³-hybridized carbons (Fsp3) is 1.00. The molecule has 3 fully saturated rings. The number of fused-ring (bicyclic) bond motifs is 3. The van der Waals surface area contributed by atoms with E-state index in [1.165, 1.54) is 12.8 Å². The summed E-state index contributed by atoms with van der Waals surface area (Å²) in [5.74, 6) is 3.77. The molecule has 2 N–H and O–H groups in total. The van der Waals surface area contributed by atoms with E-state index in [0.29, 0.717) is 12.0 Å². The molecule has 3 aliphatic rings. The molecule has 0 aromatic carbocycles. The molecule has 0 bridgehead atoms. The Morgan fingerprint density at radius 3 is 2.81 bits per heavy atom. The van der Waals surface area contributed by atoms with Gasteiger partial charge in [-0.1, -0.05) is 13.8 Å². The summed E-state index contributed by atoms with van der Waals surface area (Å²) in [5.41, 5.74) is 5.73. The molecule has 2 aliphatic heterocycles. The van der Waals surface area contributed by atoms with Gasteiger partial charge < -0.3 is 15.2 Å². The molecule has 2 heterocycles. The normalized spacial score (nSPS) is 55.3. The number of nitrogens with two attached hydrogens (primary N) is 1. The van der Waals surface area contributed by atoms with Crippen LogP contribution >= 0.6 is 0 Å². The maximum atomic E-state index is 5.73. The molecule has 7 atom stereocenters. The molecule has 2 saturated heterocycles. The van der Waals surface area contributed by atoms with Gasteiger partial charge in [0.05, 0.1) is 6.61 Å². The minimum Gasteiger partial charge on any atom is -0.350 e. The summed E-state index contributed by atoms with van der Waals surface area (Å²) in [4.78, 5) is 0. The molecule has 0 aromatic rings. The molecule has 1 aliphatic carbocycles. The van der Waals surface area contributed by atoms with Crippen LogP contribution in [0.5, 0.6) is 0 Å². The number of rotatable bonds is 2. The lowest BCUT2D eigenvalue weighted by molar-refractivity contribution is -0.0566. The van der Waals surface area contributed by atoms with Gasteiger partial charge in [0, 0.05) is 0 Å². The van der Waals surface area contributed by atoms with Crippen LogP contribution in [0.4, 0.5) is 0 Å². The smallest absolute Gasteiger partial charge is 0.184 e. The molecule has 16 heavy (non-hydrogen) atoms. The molecule has 0 amide bonds. The van der Waals surface area contributed by atoms with Crippen molar-refractivity contribution < 1.29 is 9.47 Å². The molecule has 3 nitrogen and oxygen atoms in total. The maximum Gasteiger partial charge on any atom is 0.184 e. The van der Waals surface area contributed by atoms with E-state index in [1.807, 2.05) is 0 Å². The lowest BCUT2D eigenvalue weighted by atomic mass is 9.61. The highest BCUT2D eigenvalue weighted by Gasteiger charge is 2.56. The van der Waals surface area contributed by atoms with Crippen molar-refractivity contribution in [2.24, 2.45) is 35.3 Å². The molecule has 0 aromatic heterocycles. The van der Waals surface area contributed by atoms with E-state index in [0.717, 1.165) is 36.8 Å². The van der Waals surface area contributed by atoms with Gasteiger partial charge in [0.25, 0.3) is 0 Å². The number of epoxide rings is 1. The minimum absolute atomic E-state index is 0.145. The van der Waals surface area contributed by atoms with Crippen LogP contribution in [0.2, 0.25) is 0 Å². The van der Waals surface area contributed by atoms with Crippen molar-refractivity contribution in [3.05, 3.63) is 0 Å². The highest BCUT2D eigenvalue weighted by molar-refractivity contribution is 4.99. The van der Waals surface area contributed by atoms with E-state index in [2.05, 4.69) is 13.8 Å². The fourth-order valence-corrected chi connectivity index (χ4v) is 4.15. The summed E-state index contributed by atoms with van der Waals surface area (Å²) in [6.45, 7) is 6.50. The van der Waals surface area contributed by atoms with Crippen molar-refractivity contribution in [2.45, 2.75) is 39.1 Å². The van der Waals surface area contributed by atoms with Crippen molar-refractivity contribution in [1.82, 2.24) is 0 Å². The van der Waals surface area contributed by atoms with Crippen molar-refractivity contribution in [3.63, 3.8) is 0 Å². The second-order valence-electron chi connectivity index (χ2n) is 5.94. The van der Waals surface area contributed by atoms with Gasteiger partial charge in [0.2, 0.25) is 0 Å². The zero-order valence-corrected chi connectivity index (χ0v) is 10.3. The SMILES string of the molecule is CC1CC2C(COC3OC32)C(C)C1CCN. The molecule has 3 rings (SSSR count). The Labute approximate surface area is 97.7 Å². The van der Waals surface area contributed by atoms with Crippen molar-refractivity contribution in [3.8, 4) is 0 Å². The van der Waals surface area contributed by atoms with Crippen molar-refractivity contribution >= 4 is 0 Å². The van der Waals surface area contributed by atoms with Crippen LogP contribution in [0.3, 0.4) is 0 Å². The summed E-state index contributed by atoms with van der Waals surface area (Å²) in [6.07, 6.45) is 3.04. The van der Waals surface area contributed by atoms with E-state index in [4.69, 9.17) is 15.2 Å². The Morgan fingerprint density at radius 2 is 2.06 bits per heavy atom. The highest BCUT2D eigenvalue weighted by Crippen LogP contribution is 2.52. The van der Waals surface area contributed by atoms with Crippen LogP contribution in [0.1, 0.15) is 26.7 Å². The van der Waals surface area contributed by atoms with E-state index in [-0.39, 0.29) is 6.29 Å². The van der Waals surface area contributed by atoms with Crippen molar-refractivity contribution in [2.75, 3.05) is 13.2 Å². The first-order chi connectivity index (χ1) is 7.72. The second-order valence-corrected chi connectivity index (χ2v) is 5.94. The maximum absolute atomic E-state index is 5.73. The second kappa shape index (κ2) is 3.97. The average molecular weight is 225 g/mol.